The lowest BCUT2D eigenvalue weighted by atomic mass is 10.2. The van der Waals surface area contributed by atoms with Gasteiger partial charge in [-0.15, -0.1) is 0 Å². The standard InChI is InChI=1S/C12H22N4/c1-5-11-8-12(15-10(3)14-11)16(4)7-6-9(2)13/h8-9H,5-7,13H2,1-4H3. The van der Waals surface area contributed by atoms with Crippen molar-refractivity contribution in [2.75, 3.05) is 18.5 Å². The molecule has 0 saturated heterocycles. The molecule has 0 spiro atoms. The summed E-state index contributed by atoms with van der Waals surface area (Å²) in [7, 11) is 2.05. The van der Waals surface area contributed by atoms with Crippen molar-refractivity contribution in [3.63, 3.8) is 0 Å². The van der Waals surface area contributed by atoms with Gasteiger partial charge in [0, 0.05) is 31.4 Å². The summed E-state index contributed by atoms with van der Waals surface area (Å²) in [5.74, 6) is 1.83. The molecule has 1 rings (SSSR count). The number of hydrogen-bond donors (Lipinski definition) is 1. The molecule has 1 atom stereocenters. The normalized spacial score (nSPS) is 12.6. The molecular weight excluding hydrogens is 200 g/mol. The molecule has 1 heterocycles. The van der Waals surface area contributed by atoms with Crippen molar-refractivity contribution >= 4 is 5.82 Å². The molecule has 0 saturated carbocycles. The van der Waals surface area contributed by atoms with Crippen LogP contribution in [0.15, 0.2) is 6.07 Å². The molecule has 4 nitrogen and oxygen atoms in total. The van der Waals surface area contributed by atoms with E-state index in [1.165, 1.54) is 0 Å². The molecule has 0 bridgehead atoms. The quantitative estimate of drug-likeness (QED) is 0.820. The van der Waals surface area contributed by atoms with Crippen molar-refractivity contribution in [2.45, 2.75) is 39.7 Å². The Bertz CT molecular complexity index is 336. The largest absolute Gasteiger partial charge is 0.360 e. The Kier molecular flexibility index (Phi) is 4.68. The minimum atomic E-state index is 0.232. The van der Waals surface area contributed by atoms with Gasteiger partial charge in [-0.05, 0) is 26.7 Å². The predicted octanol–water partition coefficient (Wildman–Crippen LogP) is 1.52. The van der Waals surface area contributed by atoms with Gasteiger partial charge in [-0.1, -0.05) is 6.92 Å². The summed E-state index contributed by atoms with van der Waals surface area (Å²) in [4.78, 5) is 10.9. The number of hydrogen-bond acceptors (Lipinski definition) is 4. The molecule has 2 N–H and O–H groups in total. The number of rotatable bonds is 5. The third-order valence-corrected chi connectivity index (χ3v) is 2.55. The van der Waals surface area contributed by atoms with Crippen LogP contribution in [0.3, 0.4) is 0 Å². The Balaban J connectivity index is 2.74. The summed E-state index contributed by atoms with van der Waals surface area (Å²) in [6.07, 6.45) is 1.92. The predicted molar refractivity (Wildman–Crippen MR) is 67.7 cm³/mol. The maximum atomic E-state index is 5.75. The second kappa shape index (κ2) is 5.80. The second-order valence-electron chi connectivity index (χ2n) is 4.31. The van der Waals surface area contributed by atoms with Gasteiger partial charge in [0.25, 0.3) is 0 Å². The van der Waals surface area contributed by atoms with E-state index in [4.69, 9.17) is 5.73 Å². The monoisotopic (exact) mass is 222 g/mol. The summed E-state index contributed by atoms with van der Waals surface area (Å²) in [6, 6.07) is 2.28. The van der Waals surface area contributed by atoms with Crippen molar-refractivity contribution in [1.29, 1.82) is 0 Å². The Morgan fingerprint density at radius 1 is 1.44 bits per heavy atom. The van der Waals surface area contributed by atoms with Gasteiger partial charge in [0.1, 0.15) is 11.6 Å². The molecule has 90 valence electrons. The third-order valence-electron chi connectivity index (χ3n) is 2.55. The first-order valence-electron chi connectivity index (χ1n) is 5.84. The molecule has 4 heteroatoms. The van der Waals surface area contributed by atoms with Gasteiger partial charge < -0.3 is 10.6 Å². The van der Waals surface area contributed by atoms with Crippen LogP contribution in [0.1, 0.15) is 31.8 Å². The van der Waals surface area contributed by atoms with Crippen molar-refractivity contribution in [3.05, 3.63) is 17.6 Å². The molecule has 0 aliphatic heterocycles. The zero-order chi connectivity index (χ0) is 12.1. The summed E-state index contributed by atoms with van der Waals surface area (Å²) in [6.45, 7) is 6.99. The van der Waals surface area contributed by atoms with Gasteiger partial charge in [0.2, 0.25) is 0 Å². The fourth-order valence-electron chi connectivity index (χ4n) is 1.50. The SMILES string of the molecule is CCc1cc(N(C)CCC(C)N)nc(C)n1. The first kappa shape index (κ1) is 12.9. The molecular formula is C12H22N4. The average Bonchev–Trinajstić information content (AvgIpc) is 2.24. The Morgan fingerprint density at radius 3 is 2.69 bits per heavy atom. The summed E-state index contributed by atoms with van der Waals surface area (Å²) in [5.41, 5.74) is 6.84. The number of anilines is 1. The van der Waals surface area contributed by atoms with E-state index in [0.29, 0.717) is 0 Å². The summed E-state index contributed by atoms with van der Waals surface area (Å²) in [5, 5.41) is 0. The van der Waals surface area contributed by atoms with Crippen molar-refractivity contribution in [3.8, 4) is 0 Å². The number of nitrogens with zero attached hydrogens (tertiary/aromatic N) is 3. The van der Waals surface area contributed by atoms with Gasteiger partial charge in [-0.25, -0.2) is 9.97 Å². The Morgan fingerprint density at radius 2 is 2.12 bits per heavy atom. The van der Waals surface area contributed by atoms with Gasteiger partial charge in [0.15, 0.2) is 0 Å². The highest BCUT2D eigenvalue weighted by atomic mass is 15.2. The van der Waals surface area contributed by atoms with E-state index < -0.39 is 0 Å². The highest BCUT2D eigenvalue weighted by molar-refractivity contribution is 5.38. The lowest BCUT2D eigenvalue weighted by Crippen LogP contribution is -2.26. The number of aromatic nitrogens is 2. The van der Waals surface area contributed by atoms with E-state index >= 15 is 0 Å². The van der Waals surface area contributed by atoms with E-state index in [1.807, 2.05) is 27.0 Å². The maximum Gasteiger partial charge on any atom is 0.132 e. The zero-order valence-electron chi connectivity index (χ0n) is 10.7. The summed E-state index contributed by atoms with van der Waals surface area (Å²) >= 11 is 0. The minimum absolute atomic E-state index is 0.232. The van der Waals surface area contributed by atoms with Crippen LogP contribution in [0.4, 0.5) is 5.82 Å². The van der Waals surface area contributed by atoms with Crippen LogP contribution in [0, 0.1) is 6.92 Å². The van der Waals surface area contributed by atoms with Gasteiger partial charge in [0.05, 0.1) is 0 Å². The van der Waals surface area contributed by atoms with Gasteiger partial charge in [-0.3, -0.25) is 0 Å². The van der Waals surface area contributed by atoms with Crippen molar-refractivity contribution in [1.82, 2.24) is 9.97 Å². The molecule has 0 aromatic carbocycles. The number of aryl methyl sites for hydroxylation is 2. The molecule has 0 amide bonds. The van der Waals surface area contributed by atoms with Gasteiger partial charge in [-0.2, -0.15) is 0 Å². The van der Waals surface area contributed by atoms with Crippen LogP contribution in [-0.4, -0.2) is 29.6 Å². The fourth-order valence-corrected chi connectivity index (χ4v) is 1.50. The molecule has 0 fully saturated rings. The highest BCUT2D eigenvalue weighted by Crippen LogP contribution is 2.12. The van der Waals surface area contributed by atoms with E-state index in [1.54, 1.807) is 0 Å². The first-order chi connectivity index (χ1) is 7.52. The van der Waals surface area contributed by atoms with E-state index in [9.17, 15) is 0 Å². The van der Waals surface area contributed by atoms with Crippen LogP contribution in [0.25, 0.3) is 0 Å². The topological polar surface area (TPSA) is 55.0 Å². The van der Waals surface area contributed by atoms with E-state index in [2.05, 4.69) is 21.8 Å². The zero-order valence-corrected chi connectivity index (χ0v) is 10.7. The Labute approximate surface area is 97.9 Å². The lowest BCUT2D eigenvalue weighted by Gasteiger charge is -2.20. The van der Waals surface area contributed by atoms with Crippen LogP contribution in [0.2, 0.25) is 0 Å². The molecule has 16 heavy (non-hydrogen) atoms. The van der Waals surface area contributed by atoms with Gasteiger partial charge >= 0.3 is 0 Å². The summed E-state index contributed by atoms with van der Waals surface area (Å²) < 4.78 is 0. The van der Waals surface area contributed by atoms with Crippen LogP contribution in [0.5, 0.6) is 0 Å². The maximum absolute atomic E-state index is 5.75. The molecule has 0 radical (unpaired) electrons. The molecule has 1 aromatic heterocycles. The van der Waals surface area contributed by atoms with Crippen molar-refractivity contribution in [2.24, 2.45) is 5.73 Å². The second-order valence-corrected chi connectivity index (χ2v) is 4.31. The third kappa shape index (κ3) is 3.77. The fraction of sp³-hybridized carbons (Fsp3) is 0.667. The lowest BCUT2D eigenvalue weighted by molar-refractivity contribution is 0.655. The minimum Gasteiger partial charge on any atom is -0.360 e. The Hall–Kier alpha value is -1.16. The number of nitrogens with two attached hydrogens (primary N) is 1. The van der Waals surface area contributed by atoms with Crippen LogP contribution < -0.4 is 10.6 Å². The molecule has 0 aliphatic carbocycles. The van der Waals surface area contributed by atoms with Crippen LogP contribution >= 0.6 is 0 Å². The smallest absolute Gasteiger partial charge is 0.132 e. The molecule has 1 unspecified atom stereocenters. The van der Waals surface area contributed by atoms with Crippen LogP contribution in [-0.2, 0) is 6.42 Å². The van der Waals surface area contributed by atoms with Crippen molar-refractivity contribution < 1.29 is 0 Å². The highest BCUT2D eigenvalue weighted by Gasteiger charge is 2.06. The molecule has 1 aromatic rings. The first-order valence-corrected chi connectivity index (χ1v) is 5.84. The average molecular weight is 222 g/mol. The van der Waals surface area contributed by atoms with E-state index in [-0.39, 0.29) is 6.04 Å². The molecule has 0 aliphatic rings. The van der Waals surface area contributed by atoms with E-state index in [0.717, 1.165) is 36.7 Å².